The van der Waals surface area contributed by atoms with Crippen molar-refractivity contribution in [2.75, 3.05) is 26.2 Å². The Morgan fingerprint density at radius 1 is 1.06 bits per heavy atom. The van der Waals surface area contributed by atoms with E-state index in [2.05, 4.69) is 5.10 Å². The van der Waals surface area contributed by atoms with E-state index in [0.29, 0.717) is 38.3 Å². The third kappa shape index (κ3) is 5.32. The molecule has 4 rings (SSSR count). The summed E-state index contributed by atoms with van der Waals surface area (Å²) in [5.74, 6) is -0.218. The minimum Gasteiger partial charge on any atom is -0.343 e. The summed E-state index contributed by atoms with van der Waals surface area (Å²) in [6, 6.07) is 11.5. The van der Waals surface area contributed by atoms with Gasteiger partial charge in [0.15, 0.2) is 5.69 Å². The number of amides is 3. The van der Waals surface area contributed by atoms with Crippen molar-refractivity contribution in [2.24, 2.45) is 0 Å². The largest absolute Gasteiger partial charge is 0.343 e. The smallest absolute Gasteiger partial charge is 0.274 e. The van der Waals surface area contributed by atoms with Crippen LogP contribution < -0.4 is 0 Å². The first kappa shape index (κ1) is 24.0. The first-order chi connectivity index (χ1) is 16.5. The van der Waals surface area contributed by atoms with E-state index < -0.39 is 0 Å². The van der Waals surface area contributed by atoms with Crippen LogP contribution in [0.2, 0.25) is 0 Å². The zero-order valence-corrected chi connectivity index (χ0v) is 20.3. The number of rotatable bonds is 8. The molecule has 8 heteroatoms. The number of likely N-dealkylation sites (tertiary alicyclic amines) is 1. The van der Waals surface area contributed by atoms with Crippen molar-refractivity contribution in [2.45, 2.75) is 65.1 Å². The van der Waals surface area contributed by atoms with Gasteiger partial charge < -0.3 is 14.7 Å². The molecule has 0 radical (unpaired) electrons. The molecule has 1 atom stereocenters. The Bertz CT molecular complexity index is 1010. The third-order valence-corrected chi connectivity index (χ3v) is 6.93. The first-order valence-electron chi connectivity index (χ1n) is 12.5. The van der Waals surface area contributed by atoms with Gasteiger partial charge in [0.1, 0.15) is 5.69 Å². The SMILES string of the molecule is CCC(C)N(CCC(=O)N1CCCC1)C(=O)c1cc2n(n1)CCCN(Cc1ccccc1)C2=O. The number of aryl methyl sites for hydroxylation is 1. The number of hydrogen-bond donors (Lipinski definition) is 0. The Kier molecular flexibility index (Phi) is 7.65. The van der Waals surface area contributed by atoms with Crippen LogP contribution in [0.5, 0.6) is 0 Å². The van der Waals surface area contributed by atoms with Crippen LogP contribution in [0.4, 0.5) is 0 Å². The number of fused-ring (bicyclic) bond motifs is 1. The Balaban J connectivity index is 1.49. The lowest BCUT2D eigenvalue weighted by molar-refractivity contribution is -0.130. The van der Waals surface area contributed by atoms with Crippen molar-refractivity contribution in [1.82, 2.24) is 24.5 Å². The minimum absolute atomic E-state index is 0.0225. The van der Waals surface area contributed by atoms with Gasteiger partial charge in [-0.15, -0.1) is 0 Å². The lowest BCUT2D eigenvalue weighted by Gasteiger charge is -2.28. The van der Waals surface area contributed by atoms with Crippen molar-refractivity contribution in [1.29, 1.82) is 0 Å². The minimum atomic E-state index is -0.216. The van der Waals surface area contributed by atoms with Gasteiger partial charge in [-0.3, -0.25) is 19.1 Å². The van der Waals surface area contributed by atoms with E-state index in [-0.39, 0.29) is 29.5 Å². The summed E-state index contributed by atoms with van der Waals surface area (Å²) >= 11 is 0. The lowest BCUT2D eigenvalue weighted by Crippen LogP contribution is -2.41. The molecule has 1 aromatic carbocycles. The molecule has 2 aromatic rings. The van der Waals surface area contributed by atoms with E-state index in [9.17, 15) is 14.4 Å². The van der Waals surface area contributed by atoms with Gasteiger partial charge in [-0.25, -0.2) is 0 Å². The number of carbonyl (C=O) groups is 3. The summed E-state index contributed by atoms with van der Waals surface area (Å²) in [7, 11) is 0. The number of hydrogen-bond acceptors (Lipinski definition) is 4. The second-order valence-corrected chi connectivity index (χ2v) is 9.30. The predicted octanol–water partition coefficient (Wildman–Crippen LogP) is 3.18. The molecule has 1 unspecified atom stereocenters. The molecule has 0 saturated carbocycles. The number of carbonyl (C=O) groups excluding carboxylic acids is 3. The monoisotopic (exact) mass is 465 g/mol. The van der Waals surface area contributed by atoms with Crippen molar-refractivity contribution in [3.8, 4) is 0 Å². The van der Waals surface area contributed by atoms with Crippen LogP contribution in [0.3, 0.4) is 0 Å². The second kappa shape index (κ2) is 10.8. The van der Waals surface area contributed by atoms with Gasteiger partial charge in [-0.05, 0) is 38.2 Å². The molecule has 1 fully saturated rings. The summed E-state index contributed by atoms with van der Waals surface area (Å²) in [6.07, 6.45) is 3.97. The standard InChI is InChI=1S/C26H35N5O3/c1-3-20(2)30(17-12-24(32)28-13-7-8-14-28)25(33)22-18-23-26(34)29(15-9-16-31(23)27-22)19-21-10-5-4-6-11-21/h4-6,10-11,18,20H,3,7-9,12-17,19H2,1-2H3. The van der Waals surface area contributed by atoms with E-state index in [4.69, 9.17) is 0 Å². The topological polar surface area (TPSA) is 78.8 Å². The summed E-state index contributed by atoms with van der Waals surface area (Å²) in [6.45, 7) is 7.78. The number of nitrogens with zero attached hydrogens (tertiary/aromatic N) is 5. The van der Waals surface area contributed by atoms with E-state index >= 15 is 0 Å². The van der Waals surface area contributed by atoms with Crippen molar-refractivity contribution in [3.05, 3.63) is 53.3 Å². The summed E-state index contributed by atoms with van der Waals surface area (Å²) in [5, 5.41) is 4.53. The molecule has 2 aliphatic heterocycles. The summed E-state index contributed by atoms with van der Waals surface area (Å²) < 4.78 is 1.67. The van der Waals surface area contributed by atoms with Gasteiger partial charge in [-0.1, -0.05) is 37.3 Å². The van der Waals surface area contributed by atoms with E-state index in [1.807, 2.05) is 54.0 Å². The van der Waals surface area contributed by atoms with Crippen molar-refractivity contribution >= 4 is 17.7 Å². The molecule has 0 N–H and O–H groups in total. The Morgan fingerprint density at radius 3 is 2.50 bits per heavy atom. The highest BCUT2D eigenvalue weighted by atomic mass is 16.2. The molecule has 3 amide bonds. The highest BCUT2D eigenvalue weighted by Crippen LogP contribution is 2.19. The fourth-order valence-corrected chi connectivity index (χ4v) is 4.72. The van der Waals surface area contributed by atoms with Crippen LogP contribution in [0.15, 0.2) is 36.4 Å². The molecule has 1 aromatic heterocycles. The highest BCUT2D eigenvalue weighted by molar-refractivity contribution is 5.98. The fraction of sp³-hybridized carbons (Fsp3) is 0.538. The van der Waals surface area contributed by atoms with Gasteiger partial charge in [0.2, 0.25) is 5.91 Å². The molecule has 2 aliphatic rings. The van der Waals surface area contributed by atoms with Crippen molar-refractivity contribution in [3.63, 3.8) is 0 Å². The predicted molar refractivity (Wildman–Crippen MR) is 129 cm³/mol. The van der Waals surface area contributed by atoms with Crippen LogP contribution in [0.1, 0.15) is 72.5 Å². The molecular formula is C26H35N5O3. The number of benzene rings is 1. The molecule has 34 heavy (non-hydrogen) atoms. The molecular weight excluding hydrogens is 430 g/mol. The van der Waals surface area contributed by atoms with Gasteiger partial charge in [-0.2, -0.15) is 5.10 Å². The average Bonchev–Trinajstić information content (AvgIpc) is 3.51. The van der Waals surface area contributed by atoms with Crippen LogP contribution in [0, 0.1) is 0 Å². The van der Waals surface area contributed by atoms with Crippen molar-refractivity contribution < 1.29 is 14.4 Å². The average molecular weight is 466 g/mol. The Labute approximate surface area is 201 Å². The fourth-order valence-electron chi connectivity index (χ4n) is 4.72. The van der Waals surface area contributed by atoms with Gasteiger partial charge >= 0.3 is 0 Å². The first-order valence-corrected chi connectivity index (χ1v) is 12.5. The van der Waals surface area contributed by atoms with E-state index in [0.717, 1.165) is 44.3 Å². The van der Waals surface area contributed by atoms with E-state index in [1.54, 1.807) is 15.6 Å². The van der Waals surface area contributed by atoms with Crippen LogP contribution in [0.25, 0.3) is 0 Å². The zero-order valence-electron chi connectivity index (χ0n) is 20.3. The second-order valence-electron chi connectivity index (χ2n) is 9.30. The van der Waals surface area contributed by atoms with Crippen LogP contribution in [-0.4, -0.2) is 74.4 Å². The van der Waals surface area contributed by atoms with Gasteiger partial charge in [0.05, 0.1) is 0 Å². The maximum atomic E-state index is 13.5. The van der Waals surface area contributed by atoms with Gasteiger partial charge in [0, 0.05) is 57.8 Å². The summed E-state index contributed by atoms with van der Waals surface area (Å²) in [4.78, 5) is 44.8. The lowest BCUT2D eigenvalue weighted by atomic mass is 10.1. The molecule has 8 nitrogen and oxygen atoms in total. The highest BCUT2D eigenvalue weighted by Gasteiger charge is 2.30. The zero-order chi connectivity index (χ0) is 24.1. The van der Waals surface area contributed by atoms with Gasteiger partial charge in [0.25, 0.3) is 11.8 Å². The molecule has 0 bridgehead atoms. The maximum Gasteiger partial charge on any atom is 0.274 e. The van der Waals surface area contributed by atoms with Crippen LogP contribution in [-0.2, 0) is 17.9 Å². The quantitative estimate of drug-likeness (QED) is 0.600. The molecule has 1 saturated heterocycles. The Hall–Kier alpha value is -3.16. The summed E-state index contributed by atoms with van der Waals surface area (Å²) in [5.41, 5.74) is 1.80. The molecule has 0 aliphatic carbocycles. The van der Waals surface area contributed by atoms with Crippen LogP contribution >= 0.6 is 0 Å². The maximum absolute atomic E-state index is 13.5. The molecule has 3 heterocycles. The normalized spacial score (nSPS) is 16.8. The van der Waals surface area contributed by atoms with E-state index in [1.165, 1.54) is 0 Å². The third-order valence-electron chi connectivity index (χ3n) is 6.93. The molecule has 0 spiro atoms. The number of aromatic nitrogens is 2. The Morgan fingerprint density at radius 2 is 1.79 bits per heavy atom. The molecule has 182 valence electrons.